The van der Waals surface area contributed by atoms with Crippen LogP contribution in [-0.2, 0) is 5.66 Å². The third-order valence-electron chi connectivity index (χ3n) is 3.23. The highest BCUT2D eigenvalue weighted by Gasteiger charge is 2.37. The molecule has 0 heterocycles. The Kier molecular flexibility index (Phi) is 1.96. The minimum absolute atomic E-state index is 0.0114. The largest absolute Gasteiger partial charge is 0.306 e. The molecule has 3 rings (SSSR count). The third-order valence-corrected chi connectivity index (χ3v) is 3.23. The molecule has 4 N–H and O–H groups in total. The molecule has 2 aromatic carbocycles. The topological polar surface area (TPSA) is 69.1 Å². The molecule has 0 radical (unpaired) electrons. The minimum atomic E-state index is -1.10. The Bertz CT molecular complexity index is 566. The highest BCUT2D eigenvalue weighted by Crippen LogP contribution is 2.34. The highest BCUT2D eigenvalue weighted by atomic mass is 16.1. The zero-order valence-electron chi connectivity index (χ0n) is 9.18. The lowest BCUT2D eigenvalue weighted by molar-refractivity contribution is 0.103. The minimum Gasteiger partial charge on any atom is -0.306 e. The molecule has 1 aliphatic rings. The number of hydrogen-bond acceptors (Lipinski definition) is 3. The molecule has 84 valence electrons. The van der Waals surface area contributed by atoms with Crippen LogP contribution in [0.4, 0.5) is 0 Å². The van der Waals surface area contributed by atoms with Gasteiger partial charge in [-0.3, -0.25) is 4.79 Å². The smallest absolute Gasteiger partial charge is 0.193 e. The highest BCUT2D eigenvalue weighted by molar-refractivity contribution is 6.13. The van der Waals surface area contributed by atoms with Crippen molar-refractivity contribution < 1.29 is 4.79 Å². The van der Waals surface area contributed by atoms with Crippen LogP contribution in [-0.4, -0.2) is 5.78 Å². The molecule has 2 aromatic rings. The summed E-state index contributed by atoms with van der Waals surface area (Å²) in [4.78, 5) is 12.3. The molecule has 0 spiro atoms. The molecule has 3 nitrogen and oxygen atoms in total. The average Bonchev–Trinajstić information content (AvgIpc) is 2.37. The Hall–Kier alpha value is -1.97. The van der Waals surface area contributed by atoms with Gasteiger partial charge in [0.05, 0.1) is 0 Å². The van der Waals surface area contributed by atoms with Gasteiger partial charge < -0.3 is 11.5 Å². The Morgan fingerprint density at radius 2 is 1.18 bits per heavy atom. The van der Waals surface area contributed by atoms with Gasteiger partial charge in [-0.05, 0) is 0 Å². The van der Waals surface area contributed by atoms with Gasteiger partial charge in [-0.25, -0.2) is 0 Å². The van der Waals surface area contributed by atoms with E-state index in [4.69, 9.17) is 11.5 Å². The van der Waals surface area contributed by atoms with E-state index in [0.29, 0.717) is 22.3 Å². The number of fused-ring (bicyclic) bond motifs is 2. The first-order chi connectivity index (χ1) is 8.12. The SMILES string of the molecule is NC1(N)c2ccccc2C(=O)c2ccccc21. The first kappa shape index (κ1) is 10.2. The molecule has 0 saturated carbocycles. The maximum Gasteiger partial charge on any atom is 0.193 e. The molecule has 0 unspecified atom stereocenters. The number of carbonyl (C=O) groups is 1. The Balaban J connectivity index is 2.38. The molecule has 0 saturated heterocycles. The quantitative estimate of drug-likeness (QED) is 0.664. The lowest BCUT2D eigenvalue weighted by Crippen LogP contribution is -2.51. The van der Waals surface area contributed by atoms with Crippen molar-refractivity contribution in [1.82, 2.24) is 0 Å². The molecule has 0 aliphatic heterocycles. The number of nitrogens with two attached hydrogens (primary N) is 2. The van der Waals surface area contributed by atoms with E-state index < -0.39 is 5.66 Å². The Morgan fingerprint density at radius 3 is 1.65 bits per heavy atom. The van der Waals surface area contributed by atoms with E-state index in [1.807, 2.05) is 36.4 Å². The van der Waals surface area contributed by atoms with Crippen molar-refractivity contribution in [2.45, 2.75) is 5.66 Å². The van der Waals surface area contributed by atoms with E-state index in [1.54, 1.807) is 12.1 Å². The summed E-state index contributed by atoms with van der Waals surface area (Å²) in [5.74, 6) is -0.0114. The predicted octanol–water partition coefficient (Wildman–Crippen LogP) is 1.35. The fourth-order valence-electron chi connectivity index (χ4n) is 2.37. The van der Waals surface area contributed by atoms with E-state index >= 15 is 0 Å². The summed E-state index contributed by atoms with van der Waals surface area (Å²) in [5.41, 5.74) is 13.8. The van der Waals surface area contributed by atoms with Crippen molar-refractivity contribution in [2.24, 2.45) is 11.5 Å². The molecular weight excluding hydrogens is 212 g/mol. The standard InChI is InChI=1S/C14H12N2O/c15-14(16)11-7-3-1-5-9(11)13(17)10-6-2-4-8-12(10)14/h1-8H,15-16H2. The summed E-state index contributed by atoms with van der Waals surface area (Å²) in [6.45, 7) is 0. The summed E-state index contributed by atoms with van der Waals surface area (Å²) in [6.07, 6.45) is 0. The van der Waals surface area contributed by atoms with Gasteiger partial charge in [0.25, 0.3) is 0 Å². The Morgan fingerprint density at radius 1 is 0.765 bits per heavy atom. The normalized spacial score (nSPS) is 16.2. The summed E-state index contributed by atoms with van der Waals surface area (Å²) in [5, 5.41) is 0. The second-order valence-electron chi connectivity index (χ2n) is 4.29. The van der Waals surface area contributed by atoms with Gasteiger partial charge in [-0.2, -0.15) is 0 Å². The van der Waals surface area contributed by atoms with Crippen molar-refractivity contribution in [3.8, 4) is 0 Å². The van der Waals surface area contributed by atoms with Crippen LogP contribution in [0.25, 0.3) is 0 Å². The fraction of sp³-hybridized carbons (Fsp3) is 0.0714. The molecule has 0 amide bonds. The second-order valence-corrected chi connectivity index (χ2v) is 4.29. The van der Waals surface area contributed by atoms with E-state index in [9.17, 15) is 4.79 Å². The lowest BCUT2D eigenvalue weighted by atomic mass is 9.78. The number of benzene rings is 2. The fourth-order valence-corrected chi connectivity index (χ4v) is 2.37. The molecule has 0 atom stereocenters. The molecule has 3 heteroatoms. The van der Waals surface area contributed by atoms with Crippen molar-refractivity contribution >= 4 is 5.78 Å². The van der Waals surface area contributed by atoms with Gasteiger partial charge in [0.2, 0.25) is 0 Å². The first-order valence-electron chi connectivity index (χ1n) is 5.44. The van der Waals surface area contributed by atoms with Gasteiger partial charge in [0.1, 0.15) is 5.66 Å². The average molecular weight is 224 g/mol. The van der Waals surface area contributed by atoms with Crippen molar-refractivity contribution in [2.75, 3.05) is 0 Å². The molecule has 1 aliphatic carbocycles. The van der Waals surface area contributed by atoms with Gasteiger partial charge in [0, 0.05) is 22.3 Å². The maximum absolute atomic E-state index is 12.3. The Labute approximate surface area is 99.1 Å². The van der Waals surface area contributed by atoms with Crippen LogP contribution < -0.4 is 11.5 Å². The molecular formula is C14H12N2O. The summed E-state index contributed by atoms with van der Waals surface area (Å²) in [7, 11) is 0. The van der Waals surface area contributed by atoms with Crippen LogP contribution in [0.3, 0.4) is 0 Å². The zero-order valence-corrected chi connectivity index (χ0v) is 9.18. The van der Waals surface area contributed by atoms with Gasteiger partial charge in [-0.1, -0.05) is 48.5 Å². The monoisotopic (exact) mass is 224 g/mol. The van der Waals surface area contributed by atoms with Crippen molar-refractivity contribution in [1.29, 1.82) is 0 Å². The number of carbonyl (C=O) groups excluding carboxylic acids is 1. The summed E-state index contributed by atoms with van der Waals surface area (Å²) >= 11 is 0. The van der Waals surface area contributed by atoms with Crippen molar-refractivity contribution in [3.63, 3.8) is 0 Å². The third kappa shape index (κ3) is 1.27. The van der Waals surface area contributed by atoms with E-state index in [-0.39, 0.29) is 5.78 Å². The zero-order chi connectivity index (χ0) is 12.0. The molecule has 0 bridgehead atoms. The van der Waals surface area contributed by atoms with Crippen LogP contribution in [0, 0.1) is 0 Å². The van der Waals surface area contributed by atoms with Crippen molar-refractivity contribution in [3.05, 3.63) is 70.8 Å². The van der Waals surface area contributed by atoms with Crippen LogP contribution in [0.2, 0.25) is 0 Å². The number of ketones is 1. The van der Waals surface area contributed by atoms with Crippen LogP contribution >= 0.6 is 0 Å². The second kappa shape index (κ2) is 3.26. The molecule has 0 fully saturated rings. The predicted molar refractivity (Wildman–Crippen MR) is 65.5 cm³/mol. The first-order valence-corrected chi connectivity index (χ1v) is 5.44. The van der Waals surface area contributed by atoms with Gasteiger partial charge in [0.15, 0.2) is 5.78 Å². The number of rotatable bonds is 0. The van der Waals surface area contributed by atoms with E-state index in [1.165, 1.54) is 0 Å². The maximum atomic E-state index is 12.3. The van der Waals surface area contributed by atoms with E-state index in [0.717, 1.165) is 0 Å². The van der Waals surface area contributed by atoms with Crippen LogP contribution in [0.5, 0.6) is 0 Å². The molecule has 0 aromatic heterocycles. The van der Waals surface area contributed by atoms with Crippen LogP contribution in [0.1, 0.15) is 27.0 Å². The van der Waals surface area contributed by atoms with Gasteiger partial charge >= 0.3 is 0 Å². The lowest BCUT2D eigenvalue weighted by Gasteiger charge is -2.33. The molecule has 17 heavy (non-hydrogen) atoms. The number of hydrogen-bond donors (Lipinski definition) is 2. The summed E-state index contributed by atoms with van der Waals surface area (Å²) in [6, 6.07) is 14.5. The van der Waals surface area contributed by atoms with Gasteiger partial charge in [-0.15, -0.1) is 0 Å². The van der Waals surface area contributed by atoms with Crippen LogP contribution in [0.15, 0.2) is 48.5 Å². The van der Waals surface area contributed by atoms with E-state index in [2.05, 4.69) is 0 Å². The summed E-state index contributed by atoms with van der Waals surface area (Å²) < 4.78 is 0.